The maximum atomic E-state index is 5.44. The monoisotopic (exact) mass is 158 g/mol. The molecule has 0 aromatic heterocycles. The van der Waals surface area contributed by atoms with Crippen LogP contribution in [-0.4, -0.2) is 37.4 Å². The number of nitrogens with zero attached hydrogens (tertiary/aromatic N) is 1. The van der Waals surface area contributed by atoms with E-state index in [9.17, 15) is 0 Å². The van der Waals surface area contributed by atoms with Crippen LogP contribution >= 0.6 is 0 Å². The molecule has 11 heavy (non-hydrogen) atoms. The second-order valence-corrected chi connectivity index (χ2v) is 3.08. The highest BCUT2D eigenvalue weighted by Crippen LogP contribution is 2.12. The normalized spacial score (nSPS) is 34.1. The molecular weight excluding hydrogens is 140 g/mol. The van der Waals surface area contributed by atoms with Gasteiger partial charge in [0.05, 0.1) is 13.2 Å². The number of hydrogen-bond donors (Lipinski definition) is 1. The molecule has 3 nitrogen and oxygen atoms in total. The minimum absolute atomic E-state index is 0.499. The van der Waals surface area contributed by atoms with Crippen LogP contribution in [0, 0.1) is 0 Å². The molecule has 2 atom stereocenters. The van der Waals surface area contributed by atoms with Gasteiger partial charge in [-0.05, 0) is 20.4 Å². The first kappa shape index (κ1) is 8.97. The summed E-state index contributed by atoms with van der Waals surface area (Å²) in [5.41, 5.74) is 3.21. The number of hydrogen-bond acceptors (Lipinski definition) is 3. The standard InChI is InChI=1S/C8H18N2O/c1-4-8-6-11-5-7(2)10(8)9-3/h7-9H,4-6H2,1-3H3. The second-order valence-electron chi connectivity index (χ2n) is 3.08. The van der Waals surface area contributed by atoms with Gasteiger partial charge in [-0.2, -0.15) is 0 Å². The Kier molecular flexibility index (Phi) is 3.30. The summed E-state index contributed by atoms with van der Waals surface area (Å²) >= 11 is 0. The smallest absolute Gasteiger partial charge is 0.0636 e. The summed E-state index contributed by atoms with van der Waals surface area (Å²) in [6.07, 6.45) is 1.14. The van der Waals surface area contributed by atoms with Crippen molar-refractivity contribution >= 4 is 0 Å². The molecule has 1 aliphatic heterocycles. The molecule has 1 heterocycles. The molecule has 2 unspecified atom stereocenters. The lowest BCUT2D eigenvalue weighted by molar-refractivity contribution is -0.0665. The first-order valence-electron chi connectivity index (χ1n) is 4.33. The lowest BCUT2D eigenvalue weighted by Crippen LogP contribution is -2.55. The minimum Gasteiger partial charge on any atom is -0.378 e. The molecule has 0 aromatic rings. The van der Waals surface area contributed by atoms with Gasteiger partial charge in [0, 0.05) is 12.1 Å². The third kappa shape index (κ3) is 1.92. The van der Waals surface area contributed by atoms with Gasteiger partial charge in [-0.25, -0.2) is 5.01 Å². The van der Waals surface area contributed by atoms with E-state index in [1.807, 2.05) is 7.05 Å². The van der Waals surface area contributed by atoms with E-state index in [1.54, 1.807) is 0 Å². The van der Waals surface area contributed by atoms with E-state index in [0.717, 1.165) is 19.6 Å². The van der Waals surface area contributed by atoms with E-state index in [1.165, 1.54) is 0 Å². The molecule has 0 saturated carbocycles. The van der Waals surface area contributed by atoms with Crippen molar-refractivity contribution in [3.8, 4) is 0 Å². The molecule has 3 heteroatoms. The summed E-state index contributed by atoms with van der Waals surface area (Å²) in [7, 11) is 1.98. The molecule has 1 aliphatic rings. The molecule has 0 bridgehead atoms. The van der Waals surface area contributed by atoms with Gasteiger partial charge in [-0.3, -0.25) is 5.43 Å². The van der Waals surface area contributed by atoms with Crippen molar-refractivity contribution in [1.29, 1.82) is 0 Å². The van der Waals surface area contributed by atoms with E-state index < -0.39 is 0 Å². The van der Waals surface area contributed by atoms with Crippen LogP contribution in [0.5, 0.6) is 0 Å². The highest BCUT2D eigenvalue weighted by Gasteiger charge is 2.25. The Morgan fingerprint density at radius 3 is 2.73 bits per heavy atom. The summed E-state index contributed by atoms with van der Waals surface area (Å²) in [4.78, 5) is 0. The third-order valence-electron chi connectivity index (χ3n) is 2.27. The number of ether oxygens (including phenoxy) is 1. The largest absolute Gasteiger partial charge is 0.378 e. The number of rotatable bonds is 2. The third-order valence-corrected chi connectivity index (χ3v) is 2.27. The maximum Gasteiger partial charge on any atom is 0.0636 e. The summed E-state index contributed by atoms with van der Waals surface area (Å²) in [6.45, 7) is 6.08. The van der Waals surface area contributed by atoms with Crippen LogP contribution in [0.25, 0.3) is 0 Å². The van der Waals surface area contributed by atoms with Gasteiger partial charge in [0.2, 0.25) is 0 Å². The number of nitrogens with one attached hydrogen (secondary N) is 1. The Balaban J connectivity index is 2.48. The van der Waals surface area contributed by atoms with Gasteiger partial charge in [0.25, 0.3) is 0 Å². The Bertz CT molecular complexity index is 119. The zero-order valence-corrected chi connectivity index (χ0v) is 7.63. The van der Waals surface area contributed by atoms with Crippen molar-refractivity contribution in [2.75, 3.05) is 20.3 Å². The predicted octanol–water partition coefficient (Wildman–Crippen LogP) is 0.620. The van der Waals surface area contributed by atoms with Crippen molar-refractivity contribution in [2.45, 2.75) is 32.4 Å². The van der Waals surface area contributed by atoms with Crippen LogP contribution in [0.3, 0.4) is 0 Å². The van der Waals surface area contributed by atoms with Gasteiger partial charge >= 0.3 is 0 Å². The summed E-state index contributed by atoms with van der Waals surface area (Å²) in [5, 5.41) is 2.28. The first-order valence-corrected chi connectivity index (χ1v) is 4.33. The van der Waals surface area contributed by atoms with Gasteiger partial charge in [-0.15, -0.1) is 0 Å². The minimum atomic E-state index is 0.499. The van der Waals surface area contributed by atoms with Gasteiger partial charge in [0.15, 0.2) is 0 Å². The van der Waals surface area contributed by atoms with Gasteiger partial charge < -0.3 is 4.74 Å². The van der Waals surface area contributed by atoms with Crippen LogP contribution in [0.1, 0.15) is 20.3 Å². The Hall–Kier alpha value is -0.120. The first-order chi connectivity index (χ1) is 5.29. The molecule has 1 fully saturated rings. The molecular formula is C8H18N2O. The Morgan fingerprint density at radius 2 is 2.27 bits per heavy atom. The van der Waals surface area contributed by atoms with Crippen molar-refractivity contribution < 1.29 is 4.74 Å². The van der Waals surface area contributed by atoms with Gasteiger partial charge in [0.1, 0.15) is 0 Å². The number of hydrazine groups is 1. The van der Waals surface area contributed by atoms with E-state index in [4.69, 9.17) is 4.74 Å². The molecule has 0 radical (unpaired) electrons. The molecule has 0 aliphatic carbocycles. The fraction of sp³-hybridized carbons (Fsp3) is 1.00. The van der Waals surface area contributed by atoms with Crippen LogP contribution in [0.2, 0.25) is 0 Å². The van der Waals surface area contributed by atoms with Crippen LogP contribution in [0.4, 0.5) is 0 Å². The topological polar surface area (TPSA) is 24.5 Å². The SMILES string of the molecule is CCC1COCC(C)N1NC. The van der Waals surface area contributed by atoms with Crippen molar-refractivity contribution in [1.82, 2.24) is 10.4 Å². The van der Waals surface area contributed by atoms with E-state index >= 15 is 0 Å². The average molecular weight is 158 g/mol. The summed E-state index contributed by atoms with van der Waals surface area (Å²) in [5.74, 6) is 0. The lowest BCUT2D eigenvalue weighted by atomic mass is 10.1. The maximum absolute atomic E-state index is 5.44. The van der Waals surface area contributed by atoms with Gasteiger partial charge in [-0.1, -0.05) is 6.92 Å². The molecule has 66 valence electrons. The van der Waals surface area contributed by atoms with E-state index in [0.29, 0.717) is 12.1 Å². The molecule has 1 saturated heterocycles. The lowest BCUT2D eigenvalue weighted by Gasteiger charge is -2.39. The van der Waals surface area contributed by atoms with E-state index in [-0.39, 0.29) is 0 Å². The van der Waals surface area contributed by atoms with Crippen molar-refractivity contribution in [3.05, 3.63) is 0 Å². The Morgan fingerprint density at radius 1 is 1.55 bits per heavy atom. The fourth-order valence-corrected chi connectivity index (χ4v) is 1.61. The van der Waals surface area contributed by atoms with Crippen molar-refractivity contribution in [3.63, 3.8) is 0 Å². The molecule has 0 spiro atoms. The molecule has 1 N–H and O–H groups in total. The van der Waals surface area contributed by atoms with Crippen LogP contribution in [0.15, 0.2) is 0 Å². The highest BCUT2D eigenvalue weighted by molar-refractivity contribution is 4.75. The van der Waals surface area contributed by atoms with E-state index in [2.05, 4.69) is 24.3 Å². The second kappa shape index (κ2) is 4.04. The predicted molar refractivity (Wildman–Crippen MR) is 45.3 cm³/mol. The Labute approximate surface area is 68.7 Å². The molecule has 1 rings (SSSR count). The zero-order chi connectivity index (χ0) is 8.27. The molecule has 0 amide bonds. The van der Waals surface area contributed by atoms with Crippen LogP contribution < -0.4 is 5.43 Å². The molecule has 0 aromatic carbocycles. The fourth-order valence-electron chi connectivity index (χ4n) is 1.61. The average Bonchev–Trinajstić information content (AvgIpc) is 2.04. The summed E-state index contributed by atoms with van der Waals surface area (Å²) in [6, 6.07) is 1.04. The van der Waals surface area contributed by atoms with Crippen molar-refractivity contribution in [2.24, 2.45) is 0 Å². The summed E-state index contributed by atoms with van der Waals surface area (Å²) < 4.78 is 5.44. The highest BCUT2D eigenvalue weighted by atomic mass is 16.5. The zero-order valence-electron chi connectivity index (χ0n) is 7.63. The quantitative estimate of drug-likeness (QED) is 0.637. The number of morpholine rings is 1. The van der Waals surface area contributed by atoms with Crippen LogP contribution in [-0.2, 0) is 4.74 Å².